The van der Waals surface area contributed by atoms with E-state index in [0.717, 1.165) is 12.1 Å². The summed E-state index contributed by atoms with van der Waals surface area (Å²) in [7, 11) is 0. The van der Waals surface area contributed by atoms with E-state index in [4.69, 9.17) is 11.6 Å². The van der Waals surface area contributed by atoms with Crippen LogP contribution in [0.4, 0.5) is 4.79 Å². The average Bonchev–Trinajstić information content (AvgIpc) is 3.13. The zero-order chi connectivity index (χ0) is 17.5. The van der Waals surface area contributed by atoms with Crippen molar-refractivity contribution >= 4 is 17.6 Å². The Hall–Kier alpha value is -2.04. The second kappa shape index (κ2) is 8.88. The van der Waals surface area contributed by atoms with Crippen LogP contribution >= 0.6 is 11.6 Å². The van der Waals surface area contributed by atoms with Crippen molar-refractivity contribution in [2.75, 3.05) is 13.1 Å². The Bertz CT molecular complexity index is 696. The second-order valence-electron chi connectivity index (χ2n) is 6.41. The summed E-state index contributed by atoms with van der Waals surface area (Å²) in [5.74, 6) is 0. The highest BCUT2D eigenvalue weighted by Gasteiger charge is 2.13. The molecule has 1 aliphatic rings. The van der Waals surface area contributed by atoms with Crippen LogP contribution in [0.2, 0.25) is 5.02 Å². The van der Waals surface area contributed by atoms with E-state index in [1.54, 1.807) is 0 Å². The molecule has 0 atom stereocenters. The minimum atomic E-state index is -0.161. The van der Waals surface area contributed by atoms with Crippen molar-refractivity contribution in [3.63, 3.8) is 0 Å². The Labute approximate surface area is 154 Å². The fraction of sp³-hybridized carbons (Fsp3) is 0.350. The molecule has 2 amide bonds. The second-order valence-corrected chi connectivity index (χ2v) is 6.85. The number of amides is 2. The number of likely N-dealkylation sites (tertiary alicyclic amines) is 1. The maximum absolute atomic E-state index is 12.1. The fourth-order valence-corrected chi connectivity index (χ4v) is 3.21. The molecule has 3 rings (SSSR count). The van der Waals surface area contributed by atoms with Gasteiger partial charge in [0.05, 0.1) is 0 Å². The van der Waals surface area contributed by atoms with Gasteiger partial charge in [0.1, 0.15) is 0 Å². The molecule has 132 valence electrons. The molecule has 0 radical (unpaired) electrons. The van der Waals surface area contributed by atoms with Gasteiger partial charge in [-0.25, -0.2) is 4.79 Å². The van der Waals surface area contributed by atoms with Crippen molar-refractivity contribution in [1.82, 2.24) is 15.5 Å². The summed E-state index contributed by atoms with van der Waals surface area (Å²) in [5, 5.41) is 6.53. The molecule has 1 aliphatic heterocycles. The molecule has 0 aliphatic carbocycles. The molecule has 0 bridgehead atoms. The smallest absolute Gasteiger partial charge is 0.315 e. The molecule has 25 heavy (non-hydrogen) atoms. The van der Waals surface area contributed by atoms with Crippen LogP contribution < -0.4 is 10.6 Å². The van der Waals surface area contributed by atoms with Crippen molar-refractivity contribution in [3.8, 4) is 0 Å². The first-order valence-electron chi connectivity index (χ1n) is 8.76. The molecule has 0 unspecified atom stereocenters. The van der Waals surface area contributed by atoms with Gasteiger partial charge in [-0.1, -0.05) is 48.0 Å². The van der Waals surface area contributed by atoms with Crippen LogP contribution in [0.15, 0.2) is 48.5 Å². The number of rotatable bonds is 6. The first-order chi connectivity index (χ1) is 12.2. The van der Waals surface area contributed by atoms with Crippen LogP contribution in [0.1, 0.15) is 29.5 Å². The monoisotopic (exact) mass is 357 g/mol. The van der Waals surface area contributed by atoms with E-state index in [1.807, 2.05) is 30.3 Å². The van der Waals surface area contributed by atoms with Crippen molar-refractivity contribution in [2.45, 2.75) is 32.5 Å². The van der Waals surface area contributed by atoms with Gasteiger partial charge in [-0.3, -0.25) is 4.90 Å². The standard InChI is InChI=1S/C20H24ClN3O/c21-19-9-7-16(8-10-19)13-22-20(25)23-14-17-5-1-2-6-18(17)15-24-11-3-4-12-24/h1-2,5-10H,3-4,11-15H2,(H2,22,23,25). The quantitative estimate of drug-likeness (QED) is 0.822. The van der Waals surface area contributed by atoms with Crippen LogP contribution in [0.25, 0.3) is 0 Å². The molecule has 1 heterocycles. The third kappa shape index (κ3) is 5.48. The van der Waals surface area contributed by atoms with Crippen LogP contribution in [0.3, 0.4) is 0 Å². The zero-order valence-electron chi connectivity index (χ0n) is 14.3. The summed E-state index contributed by atoms with van der Waals surface area (Å²) in [4.78, 5) is 14.5. The molecular formula is C20H24ClN3O. The SMILES string of the molecule is O=C(NCc1ccc(Cl)cc1)NCc1ccccc1CN1CCCC1. The number of nitrogens with one attached hydrogen (secondary N) is 2. The van der Waals surface area contributed by atoms with E-state index in [9.17, 15) is 4.79 Å². The Morgan fingerprint density at radius 1 is 0.920 bits per heavy atom. The lowest BCUT2D eigenvalue weighted by atomic mass is 10.1. The summed E-state index contributed by atoms with van der Waals surface area (Å²) < 4.78 is 0. The van der Waals surface area contributed by atoms with Crippen LogP contribution in [-0.4, -0.2) is 24.0 Å². The number of hydrogen-bond donors (Lipinski definition) is 2. The van der Waals surface area contributed by atoms with E-state index in [0.29, 0.717) is 18.1 Å². The molecule has 2 N–H and O–H groups in total. The maximum atomic E-state index is 12.1. The predicted molar refractivity (Wildman–Crippen MR) is 101 cm³/mol. The molecule has 5 heteroatoms. The highest BCUT2D eigenvalue weighted by atomic mass is 35.5. The molecule has 2 aromatic rings. The minimum Gasteiger partial charge on any atom is -0.334 e. The molecule has 0 aromatic heterocycles. The average molecular weight is 358 g/mol. The minimum absolute atomic E-state index is 0.161. The summed E-state index contributed by atoms with van der Waals surface area (Å²) in [6.45, 7) is 4.33. The van der Waals surface area contributed by atoms with E-state index in [-0.39, 0.29) is 6.03 Å². The first-order valence-corrected chi connectivity index (χ1v) is 9.14. The third-order valence-electron chi connectivity index (χ3n) is 4.52. The maximum Gasteiger partial charge on any atom is 0.315 e. The molecule has 1 saturated heterocycles. The highest BCUT2D eigenvalue weighted by molar-refractivity contribution is 6.30. The van der Waals surface area contributed by atoms with E-state index in [1.165, 1.54) is 37.1 Å². The summed E-state index contributed by atoms with van der Waals surface area (Å²) >= 11 is 5.86. The van der Waals surface area contributed by atoms with E-state index >= 15 is 0 Å². The lowest BCUT2D eigenvalue weighted by molar-refractivity contribution is 0.240. The number of carbonyl (C=O) groups excluding carboxylic acids is 1. The molecule has 2 aromatic carbocycles. The zero-order valence-corrected chi connectivity index (χ0v) is 15.1. The van der Waals surface area contributed by atoms with Crippen molar-refractivity contribution in [1.29, 1.82) is 0 Å². The van der Waals surface area contributed by atoms with Crippen molar-refractivity contribution in [3.05, 3.63) is 70.2 Å². The molecular weight excluding hydrogens is 334 g/mol. The van der Waals surface area contributed by atoms with Gasteiger partial charge in [-0.05, 0) is 54.8 Å². The number of benzene rings is 2. The van der Waals surface area contributed by atoms with Gasteiger partial charge in [-0.15, -0.1) is 0 Å². The predicted octanol–water partition coefficient (Wildman–Crippen LogP) is 3.94. The first kappa shape index (κ1) is 17.8. The summed E-state index contributed by atoms with van der Waals surface area (Å²) in [6, 6.07) is 15.6. The van der Waals surface area contributed by atoms with Gasteiger partial charge in [-0.2, -0.15) is 0 Å². The lowest BCUT2D eigenvalue weighted by Crippen LogP contribution is -2.35. The van der Waals surface area contributed by atoms with Gasteiger partial charge >= 0.3 is 6.03 Å². The van der Waals surface area contributed by atoms with Gasteiger partial charge in [0.15, 0.2) is 0 Å². The topological polar surface area (TPSA) is 44.4 Å². The number of hydrogen-bond acceptors (Lipinski definition) is 2. The summed E-state index contributed by atoms with van der Waals surface area (Å²) in [5.41, 5.74) is 3.49. The molecule has 0 saturated carbocycles. The Morgan fingerprint density at radius 2 is 1.56 bits per heavy atom. The van der Waals surface area contributed by atoms with Gasteiger partial charge < -0.3 is 10.6 Å². The van der Waals surface area contributed by atoms with Gasteiger partial charge in [0, 0.05) is 24.7 Å². The number of nitrogens with zero attached hydrogens (tertiary/aromatic N) is 1. The van der Waals surface area contributed by atoms with Gasteiger partial charge in [0.25, 0.3) is 0 Å². The van der Waals surface area contributed by atoms with Crippen LogP contribution in [0, 0.1) is 0 Å². The van der Waals surface area contributed by atoms with Crippen molar-refractivity contribution in [2.24, 2.45) is 0 Å². The third-order valence-corrected chi connectivity index (χ3v) is 4.77. The highest BCUT2D eigenvalue weighted by Crippen LogP contribution is 2.16. The number of halogens is 1. The van der Waals surface area contributed by atoms with Crippen molar-refractivity contribution < 1.29 is 4.79 Å². The molecule has 4 nitrogen and oxygen atoms in total. The fourth-order valence-electron chi connectivity index (χ4n) is 3.09. The molecule has 0 spiro atoms. The van der Waals surface area contributed by atoms with Crippen LogP contribution in [0.5, 0.6) is 0 Å². The Balaban J connectivity index is 1.49. The molecule has 1 fully saturated rings. The largest absolute Gasteiger partial charge is 0.334 e. The van der Waals surface area contributed by atoms with Crippen LogP contribution in [-0.2, 0) is 19.6 Å². The number of carbonyl (C=O) groups is 1. The van der Waals surface area contributed by atoms with Gasteiger partial charge in [0.2, 0.25) is 0 Å². The van der Waals surface area contributed by atoms with E-state index < -0.39 is 0 Å². The van der Waals surface area contributed by atoms with E-state index in [2.05, 4.69) is 33.7 Å². The summed E-state index contributed by atoms with van der Waals surface area (Å²) in [6.07, 6.45) is 2.57. The number of urea groups is 1. The Kier molecular flexibility index (Phi) is 6.31. The lowest BCUT2D eigenvalue weighted by Gasteiger charge is -2.18. The normalized spacial score (nSPS) is 14.4. The Morgan fingerprint density at radius 3 is 2.28 bits per heavy atom.